The third-order valence-corrected chi connectivity index (χ3v) is 8.27. The minimum absolute atomic E-state index is 0.0183. The van der Waals surface area contributed by atoms with Crippen molar-refractivity contribution in [3.8, 4) is 0 Å². The molecule has 1 aliphatic heterocycles. The summed E-state index contributed by atoms with van der Waals surface area (Å²) in [6.07, 6.45) is 11.1. The third kappa shape index (κ3) is 6.49. The van der Waals surface area contributed by atoms with Crippen LogP contribution in [-0.2, 0) is 15.1 Å². The second-order valence-corrected chi connectivity index (χ2v) is 11.3. The fourth-order valence-electron chi connectivity index (χ4n) is 5.71. The number of aliphatic imine (C=N–C) groups is 2. The zero-order valence-corrected chi connectivity index (χ0v) is 22.5. The van der Waals surface area contributed by atoms with E-state index in [1.807, 2.05) is 24.8 Å². The lowest BCUT2D eigenvalue weighted by Crippen LogP contribution is -2.47. The molecule has 0 unspecified atom stereocenters. The van der Waals surface area contributed by atoms with Gasteiger partial charge in [0.2, 0.25) is 11.8 Å². The van der Waals surface area contributed by atoms with Crippen molar-refractivity contribution < 1.29 is 9.59 Å². The summed E-state index contributed by atoms with van der Waals surface area (Å²) in [6, 6.07) is 10.8. The SMILES string of the molecule is C=N/C=N\C=C/CCNC(=O)C(C)(C)CCN1CC2(CCC(c3ccccc3)(N(C)C)CC2)CC1=O. The Morgan fingerprint density at radius 1 is 1.19 bits per heavy atom. The van der Waals surface area contributed by atoms with Crippen LogP contribution in [0.4, 0.5) is 0 Å². The average molecular weight is 494 g/mol. The molecule has 7 heteroatoms. The van der Waals surface area contributed by atoms with Crippen molar-refractivity contribution in [3.63, 3.8) is 0 Å². The number of nitrogens with one attached hydrogen (secondary N) is 1. The Bertz CT molecular complexity index is 959. The molecular formula is C29H43N5O2. The van der Waals surface area contributed by atoms with Gasteiger partial charge in [-0.3, -0.25) is 19.5 Å². The molecule has 1 saturated heterocycles. The Kier molecular flexibility index (Phi) is 9.23. The summed E-state index contributed by atoms with van der Waals surface area (Å²) in [4.78, 5) is 37.6. The van der Waals surface area contributed by atoms with Crippen LogP contribution >= 0.6 is 0 Å². The van der Waals surface area contributed by atoms with E-state index in [4.69, 9.17) is 0 Å². The summed E-state index contributed by atoms with van der Waals surface area (Å²) >= 11 is 0. The molecule has 0 bridgehead atoms. The summed E-state index contributed by atoms with van der Waals surface area (Å²) in [7, 11) is 4.35. The minimum Gasteiger partial charge on any atom is -0.355 e. The van der Waals surface area contributed by atoms with Crippen LogP contribution in [0.25, 0.3) is 0 Å². The summed E-state index contributed by atoms with van der Waals surface area (Å²) in [5, 5.41) is 3.01. The van der Waals surface area contributed by atoms with Gasteiger partial charge in [0, 0.05) is 43.2 Å². The second-order valence-electron chi connectivity index (χ2n) is 11.3. The van der Waals surface area contributed by atoms with Gasteiger partial charge in [0.1, 0.15) is 6.34 Å². The van der Waals surface area contributed by atoms with Crippen LogP contribution < -0.4 is 5.32 Å². The van der Waals surface area contributed by atoms with E-state index in [2.05, 4.69) is 71.3 Å². The molecule has 1 aliphatic carbocycles. The Morgan fingerprint density at radius 3 is 2.53 bits per heavy atom. The maximum absolute atomic E-state index is 13.0. The molecule has 1 aromatic rings. The van der Waals surface area contributed by atoms with Gasteiger partial charge in [-0.1, -0.05) is 50.3 Å². The normalized spacial score (nSPS) is 24.9. The second kappa shape index (κ2) is 12.0. The molecule has 7 nitrogen and oxygen atoms in total. The minimum atomic E-state index is -0.537. The predicted molar refractivity (Wildman–Crippen MR) is 147 cm³/mol. The first-order valence-corrected chi connectivity index (χ1v) is 13.1. The highest BCUT2D eigenvalue weighted by Gasteiger charge is 2.50. The lowest BCUT2D eigenvalue weighted by Gasteiger charge is -2.49. The Labute approximate surface area is 216 Å². The molecule has 1 heterocycles. The average Bonchev–Trinajstić information content (AvgIpc) is 3.17. The van der Waals surface area contributed by atoms with Gasteiger partial charge < -0.3 is 10.2 Å². The van der Waals surface area contributed by atoms with Gasteiger partial charge in [0.05, 0.1) is 0 Å². The van der Waals surface area contributed by atoms with Gasteiger partial charge in [0.25, 0.3) is 0 Å². The lowest BCUT2D eigenvalue weighted by molar-refractivity contribution is -0.132. The molecule has 1 saturated carbocycles. The third-order valence-electron chi connectivity index (χ3n) is 8.27. The number of rotatable bonds is 11. The molecular weight excluding hydrogens is 450 g/mol. The largest absolute Gasteiger partial charge is 0.355 e. The van der Waals surface area contributed by atoms with E-state index in [0.717, 1.165) is 32.2 Å². The molecule has 36 heavy (non-hydrogen) atoms. The molecule has 2 amide bonds. The fourth-order valence-corrected chi connectivity index (χ4v) is 5.71. The Hall–Kier alpha value is -2.80. The van der Waals surface area contributed by atoms with Crippen molar-refractivity contribution in [3.05, 3.63) is 48.2 Å². The molecule has 2 aliphatic rings. The van der Waals surface area contributed by atoms with E-state index in [1.54, 1.807) is 6.20 Å². The number of carbonyl (C=O) groups excluding carboxylic acids is 2. The van der Waals surface area contributed by atoms with Gasteiger partial charge in [0.15, 0.2) is 0 Å². The van der Waals surface area contributed by atoms with Crippen LogP contribution in [0.5, 0.6) is 0 Å². The molecule has 1 aromatic carbocycles. The van der Waals surface area contributed by atoms with Crippen molar-refractivity contribution in [2.24, 2.45) is 20.8 Å². The standard InChI is InChI=1S/C29H43N5O2/c1-27(2,26(36)32-19-10-9-18-31-23-30-3)17-20-34-22-28(21-25(34)35)13-15-29(16-14-28,33(4)5)24-11-7-6-8-12-24/h6-9,11-12,18,23H,3,10,13-17,19-22H2,1-2,4-5H3,(H,32,36)/b18-9-,31-23-. The first kappa shape index (κ1) is 27.8. The van der Waals surface area contributed by atoms with E-state index in [-0.39, 0.29) is 22.8 Å². The van der Waals surface area contributed by atoms with Gasteiger partial charge in [-0.25, -0.2) is 4.99 Å². The van der Waals surface area contributed by atoms with Crippen molar-refractivity contribution in [1.29, 1.82) is 0 Å². The molecule has 3 rings (SSSR count). The molecule has 0 atom stereocenters. The van der Waals surface area contributed by atoms with E-state index in [9.17, 15) is 9.59 Å². The predicted octanol–water partition coefficient (Wildman–Crippen LogP) is 4.40. The van der Waals surface area contributed by atoms with Crippen molar-refractivity contribution in [2.45, 2.75) is 64.3 Å². The smallest absolute Gasteiger partial charge is 0.225 e. The van der Waals surface area contributed by atoms with Gasteiger partial charge in [-0.05, 0) is 70.3 Å². The monoisotopic (exact) mass is 493 g/mol. The number of nitrogens with zero attached hydrogens (tertiary/aromatic N) is 4. The van der Waals surface area contributed by atoms with Gasteiger partial charge >= 0.3 is 0 Å². The Morgan fingerprint density at radius 2 is 1.89 bits per heavy atom. The number of likely N-dealkylation sites (tertiary alicyclic amines) is 1. The molecule has 0 aromatic heterocycles. The molecule has 1 N–H and O–H groups in total. The van der Waals surface area contributed by atoms with E-state index >= 15 is 0 Å². The highest BCUT2D eigenvalue weighted by atomic mass is 16.2. The van der Waals surface area contributed by atoms with E-state index in [1.165, 1.54) is 11.9 Å². The van der Waals surface area contributed by atoms with Crippen LogP contribution in [0, 0.1) is 10.8 Å². The summed E-state index contributed by atoms with van der Waals surface area (Å²) < 4.78 is 0. The summed E-state index contributed by atoms with van der Waals surface area (Å²) in [5.74, 6) is 0.257. The van der Waals surface area contributed by atoms with Gasteiger partial charge in [-0.15, -0.1) is 0 Å². The summed E-state index contributed by atoms with van der Waals surface area (Å²) in [6.45, 7) is 9.24. The fraction of sp³-hybridized carbons (Fsp3) is 0.586. The molecule has 0 radical (unpaired) electrons. The maximum Gasteiger partial charge on any atom is 0.225 e. The number of hydrogen-bond acceptors (Lipinski definition) is 4. The van der Waals surface area contributed by atoms with Crippen LogP contribution in [0.1, 0.15) is 64.4 Å². The highest BCUT2D eigenvalue weighted by Crippen LogP contribution is 2.52. The number of hydrogen-bond donors (Lipinski definition) is 1. The van der Waals surface area contributed by atoms with E-state index < -0.39 is 5.41 Å². The first-order valence-electron chi connectivity index (χ1n) is 13.1. The number of carbonyl (C=O) groups is 2. The van der Waals surface area contributed by atoms with Crippen molar-refractivity contribution in [2.75, 3.05) is 33.7 Å². The number of benzene rings is 1. The lowest BCUT2D eigenvalue weighted by atomic mass is 9.64. The van der Waals surface area contributed by atoms with Crippen molar-refractivity contribution in [1.82, 2.24) is 15.1 Å². The molecule has 1 spiro atoms. The number of amides is 2. The summed E-state index contributed by atoms with van der Waals surface area (Å²) in [5.41, 5.74) is 0.932. The van der Waals surface area contributed by atoms with Crippen LogP contribution in [-0.4, -0.2) is 68.4 Å². The maximum atomic E-state index is 13.0. The quantitative estimate of drug-likeness (QED) is 0.282. The van der Waals surface area contributed by atoms with Crippen LogP contribution in [0.3, 0.4) is 0 Å². The van der Waals surface area contributed by atoms with E-state index in [0.29, 0.717) is 32.4 Å². The first-order chi connectivity index (χ1) is 17.1. The highest BCUT2D eigenvalue weighted by molar-refractivity contribution is 5.82. The topological polar surface area (TPSA) is 77.4 Å². The Balaban J connectivity index is 1.51. The zero-order chi connectivity index (χ0) is 26.2. The molecule has 2 fully saturated rings. The molecule has 196 valence electrons. The van der Waals surface area contributed by atoms with Crippen LogP contribution in [0.2, 0.25) is 0 Å². The zero-order valence-electron chi connectivity index (χ0n) is 22.5. The van der Waals surface area contributed by atoms with Crippen LogP contribution in [0.15, 0.2) is 52.6 Å². The van der Waals surface area contributed by atoms with Gasteiger partial charge in [-0.2, -0.15) is 0 Å². The van der Waals surface area contributed by atoms with Crippen molar-refractivity contribution >= 4 is 24.9 Å².